The van der Waals surface area contributed by atoms with E-state index in [-0.39, 0.29) is 18.3 Å². The largest absolute Gasteiger partial charge is 0.350 e. The van der Waals surface area contributed by atoms with Crippen molar-refractivity contribution in [2.45, 2.75) is 33.1 Å². The molecule has 0 spiro atoms. The smallest absolute Gasteiger partial charge is 0.261 e. The molecular formula is C12H21ClN2OS. The van der Waals surface area contributed by atoms with Crippen LogP contribution in [0, 0.1) is 0 Å². The molecule has 17 heavy (non-hydrogen) atoms. The van der Waals surface area contributed by atoms with Gasteiger partial charge in [-0.1, -0.05) is 20.3 Å². The second kappa shape index (κ2) is 8.50. The molecule has 0 aliphatic rings. The van der Waals surface area contributed by atoms with Crippen LogP contribution >= 0.6 is 23.7 Å². The molecule has 3 nitrogen and oxygen atoms in total. The highest BCUT2D eigenvalue weighted by Gasteiger charge is 2.12. The third-order valence-electron chi connectivity index (χ3n) is 2.41. The zero-order valence-electron chi connectivity index (χ0n) is 10.4. The molecule has 0 bridgehead atoms. The second-order valence-corrected chi connectivity index (χ2v) is 4.84. The predicted octanol–water partition coefficient (Wildman–Crippen LogP) is 2.37. The van der Waals surface area contributed by atoms with Crippen molar-refractivity contribution in [3.63, 3.8) is 0 Å². The van der Waals surface area contributed by atoms with Crippen LogP contribution in [0.5, 0.6) is 0 Å². The molecule has 1 aromatic rings. The number of nitrogens with one attached hydrogen (secondary N) is 1. The van der Waals surface area contributed by atoms with Gasteiger partial charge in [0.15, 0.2) is 0 Å². The summed E-state index contributed by atoms with van der Waals surface area (Å²) in [5.74, 6) is 0.00695. The summed E-state index contributed by atoms with van der Waals surface area (Å²) >= 11 is 1.61. The van der Waals surface area contributed by atoms with E-state index < -0.39 is 0 Å². The lowest BCUT2D eigenvalue weighted by Crippen LogP contribution is -2.28. The molecular weight excluding hydrogens is 256 g/mol. The van der Waals surface area contributed by atoms with Gasteiger partial charge in [-0.05, 0) is 24.5 Å². The molecule has 1 aromatic heterocycles. The van der Waals surface area contributed by atoms with Gasteiger partial charge in [0, 0.05) is 18.0 Å². The van der Waals surface area contributed by atoms with Crippen molar-refractivity contribution in [2.75, 3.05) is 13.1 Å². The standard InChI is InChI=1S/C12H20N2OS.ClH/c1-3-5-10-9(4-2)8-11(16-10)12(15)14-7-6-13;/h8H,3-7,13H2,1-2H3,(H,14,15);1H. The molecule has 0 aromatic carbocycles. The van der Waals surface area contributed by atoms with Gasteiger partial charge in [0.25, 0.3) is 5.91 Å². The van der Waals surface area contributed by atoms with E-state index in [9.17, 15) is 4.79 Å². The number of rotatable bonds is 6. The molecule has 0 saturated carbocycles. The van der Waals surface area contributed by atoms with Gasteiger partial charge in [-0.3, -0.25) is 4.79 Å². The predicted molar refractivity (Wildman–Crippen MR) is 76.3 cm³/mol. The SMILES string of the molecule is CCCc1sc(C(=O)NCCN)cc1CC.Cl. The summed E-state index contributed by atoms with van der Waals surface area (Å²) < 4.78 is 0. The number of nitrogens with two attached hydrogens (primary N) is 1. The van der Waals surface area contributed by atoms with Crippen LogP contribution in [0.2, 0.25) is 0 Å². The monoisotopic (exact) mass is 276 g/mol. The van der Waals surface area contributed by atoms with Crippen LogP contribution in [0.3, 0.4) is 0 Å². The van der Waals surface area contributed by atoms with Crippen LogP contribution in [0.25, 0.3) is 0 Å². The summed E-state index contributed by atoms with van der Waals surface area (Å²) in [5, 5.41) is 2.80. The maximum Gasteiger partial charge on any atom is 0.261 e. The average Bonchev–Trinajstić information content (AvgIpc) is 2.69. The number of amides is 1. The van der Waals surface area contributed by atoms with E-state index in [0.717, 1.165) is 24.1 Å². The van der Waals surface area contributed by atoms with E-state index >= 15 is 0 Å². The highest BCUT2D eigenvalue weighted by atomic mass is 35.5. The van der Waals surface area contributed by atoms with Gasteiger partial charge >= 0.3 is 0 Å². The normalized spacial score (nSPS) is 9.82. The first-order valence-electron chi connectivity index (χ1n) is 5.82. The maximum absolute atomic E-state index is 11.7. The average molecular weight is 277 g/mol. The van der Waals surface area contributed by atoms with Crippen molar-refractivity contribution in [3.8, 4) is 0 Å². The Morgan fingerprint density at radius 3 is 2.71 bits per heavy atom. The highest BCUT2D eigenvalue weighted by molar-refractivity contribution is 7.14. The van der Waals surface area contributed by atoms with Crippen molar-refractivity contribution in [2.24, 2.45) is 5.73 Å². The van der Waals surface area contributed by atoms with Crippen LogP contribution in [0.1, 0.15) is 40.4 Å². The minimum atomic E-state index is 0. The lowest BCUT2D eigenvalue weighted by atomic mass is 10.1. The molecule has 3 N–H and O–H groups in total. The van der Waals surface area contributed by atoms with E-state index in [0.29, 0.717) is 13.1 Å². The van der Waals surface area contributed by atoms with E-state index in [1.165, 1.54) is 10.4 Å². The molecule has 1 amide bonds. The fourth-order valence-electron chi connectivity index (χ4n) is 1.59. The third-order valence-corrected chi connectivity index (χ3v) is 3.64. The summed E-state index contributed by atoms with van der Waals surface area (Å²) in [6.07, 6.45) is 3.19. The molecule has 0 saturated heterocycles. The lowest BCUT2D eigenvalue weighted by Gasteiger charge is -1.99. The summed E-state index contributed by atoms with van der Waals surface area (Å²) in [6.45, 7) is 5.32. The number of carbonyl (C=O) groups excluding carboxylic acids is 1. The minimum absolute atomic E-state index is 0. The van der Waals surface area contributed by atoms with Crippen molar-refractivity contribution in [1.82, 2.24) is 5.32 Å². The zero-order valence-corrected chi connectivity index (χ0v) is 12.0. The van der Waals surface area contributed by atoms with Crippen molar-refractivity contribution in [1.29, 1.82) is 0 Å². The number of halogens is 1. The Kier molecular flexibility index (Phi) is 8.21. The number of carbonyl (C=O) groups is 1. The molecule has 0 atom stereocenters. The molecule has 1 rings (SSSR count). The molecule has 0 aliphatic carbocycles. The van der Waals surface area contributed by atoms with Crippen LogP contribution in [-0.2, 0) is 12.8 Å². The molecule has 98 valence electrons. The topological polar surface area (TPSA) is 55.1 Å². The molecule has 1 heterocycles. The van der Waals surface area contributed by atoms with Gasteiger partial charge in [-0.15, -0.1) is 23.7 Å². The third kappa shape index (κ3) is 4.66. The van der Waals surface area contributed by atoms with Gasteiger partial charge in [0.2, 0.25) is 0 Å². The fraction of sp³-hybridized carbons (Fsp3) is 0.583. The Morgan fingerprint density at radius 1 is 1.47 bits per heavy atom. The first-order chi connectivity index (χ1) is 7.72. The van der Waals surface area contributed by atoms with Gasteiger partial charge in [0.1, 0.15) is 0 Å². The van der Waals surface area contributed by atoms with E-state index in [1.54, 1.807) is 11.3 Å². The van der Waals surface area contributed by atoms with Crippen molar-refractivity contribution < 1.29 is 4.79 Å². The number of aryl methyl sites for hydroxylation is 2. The first kappa shape index (κ1) is 16.4. The van der Waals surface area contributed by atoms with Crippen molar-refractivity contribution in [3.05, 3.63) is 21.4 Å². The highest BCUT2D eigenvalue weighted by Crippen LogP contribution is 2.24. The molecule has 0 fully saturated rings. The fourth-order valence-corrected chi connectivity index (χ4v) is 2.86. The van der Waals surface area contributed by atoms with Gasteiger partial charge in [-0.25, -0.2) is 0 Å². The summed E-state index contributed by atoms with van der Waals surface area (Å²) in [6, 6.07) is 2.02. The summed E-state index contributed by atoms with van der Waals surface area (Å²) in [5.41, 5.74) is 6.66. The van der Waals surface area contributed by atoms with Crippen LogP contribution in [-0.4, -0.2) is 19.0 Å². The summed E-state index contributed by atoms with van der Waals surface area (Å²) in [4.78, 5) is 13.9. The van der Waals surface area contributed by atoms with Crippen molar-refractivity contribution >= 4 is 29.7 Å². The molecule has 0 radical (unpaired) electrons. The number of hydrogen-bond donors (Lipinski definition) is 2. The second-order valence-electron chi connectivity index (χ2n) is 3.71. The Morgan fingerprint density at radius 2 is 2.18 bits per heavy atom. The number of hydrogen-bond acceptors (Lipinski definition) is 3. The minimum Gasteiger partial charge on any atom is -0.350 e. The molecule has 0 unspecified atom stereocenters. The lowest BCUT2D eigenvalue weighted by molar-refractivity contribution is 0.0958. The van der Waals surface area contributed by atoms with Gasteiger partial charge in [-0.2, -0.15) is 0 Å². The van der Waals surface area contributed by atoms with E-state index in [2.05, 4.69) is 19.2 Å². The van der Waals surface area contributed by atoms with Gasteiger partial charge < -0.3 is 11.1 Å². The quantitative estimate of drug-likeness (QED) is 0.838. The summed E-state index contributed by atoms with van der Waals surface area (Å²) in [7, 11) is 0. The Bertz CT molecular complexity index is 352. The first-order valence-corrected chi connectivity index (χ1v) is 6.64. The Labute approximate surface area is 113 Å². The van der Waals surface area contributed by atoms with Crippen LogP contribution < -0.4 is 11.1 Å². The Hall–Kier alpha value is -0.580. The molecule has 0 aliphatic heterocycles. The Balaban J connectivity index is 0.00000256. The van der Waals surface area contributed by atoms with E-state index in [1.807, 2.05) is 6.07 Å². The zero-order chi connectivity index (χ0) is 12.0. The van der Waals surface area contributed by atoms with Gasteiger partial charge in [0.05, 0.1) is 4.88 Å². The number of thiophene rings is 1. The van der Waals surface area contributed by atoms with Crippen LogP contribution in [0.4, 0.5) is 0 Å². The van der Waals surface area contributed by atoms with E-state index in [4.69, 9.17) is 5.73 Å². The maximum atomic E-state index is 11.7. The van der Waals surface area contributed by atoms with Crippen LogP contribution in [0.15, 0.2) is 6.07 Å². The molecule has 5 heteroatoms.